The maximum absolute atomic E-state index is 12.2. The third kappa shape index (κ3) is 3.31. The monoisotopic (exact) mass is 324 g/mol. The summed E-state index contributed by atoms with van der Waals surface area (Å²) in [5, 5.41) is 12.8. The minimum Gasteiger partial charge on any atom is -0.478 e. The molecule has 1 aromatic rings. The number of fused-ring (bicyclic) bond motifs is 1. The Balaban J connectivity index is 1.72. The van der Waals surface area contributed by atoms with Crippen molar-refractivity contribution in [1.82, 2.24) is 4.90 Å². The van der Waals surface area contributed by atoms with E-state index >= 15 is 0 Å². The van der Waals surface area contributed by atoms with Crippen LogP contribution in [0.5, 0.6) is 0 Å². The molecule has 0 radical (unpaired) electrons. The van der Waals surface area contributed by atoms with Crippen molar-refractivity contribution in [1.29, 1.82) is 0 Å². The number of hydrogen-bond donors (Lipinski definition) is 2. The van der Waals surface area contributed by atoms with Crippen LogP contribution < -0.4 is 5.32 Å². The van der Waals surface area contributed by atoms with Crippen LogP contribution in [-0.4, -0.2) is 54.7 Å². The fraction of sp³-hybridized carbons (Fsp3) is 0.600. The summed E-state index contributed by atoms with van der Waals surface area (Å²) in [6, 6.07) is 0. The molecule has 0 atom stereocenters. The van der Waals surface area contributed by atoms with E-state index in [4.69, 9.17) is 4.74 Å². The number of thiophene rings is 1. The van der Waals surface area contributed by atoms with Gasteiger partial charge in [0.15, 0.2) is 0 Å². The van der Waals surface area contributed by atoms with E-state index in [9.17, 15) is 14.7 Å². The van der Waals surface area contributed by atoms with E-state index in [-0.39, 0.29) is 12.5 Å². The van der Waals surface area contributed by atoms with Gasteiger partial charge in [-0.1, -0.05) is 0 Å². The zero-order valence-corrected chi connectivity index (χ0v) is 13.2. The largest absolute Gasteiger partial charge is 0.478 e. The molecule has 0 aromatic carbocycles. The van der Waals surface area contributed by atoms with Crippen molar-refractivity contribution in [2.45, 2.75) is 25.7 Å². The maximum atomic E-state index is 12.2. The molecule has 0 spiro atoms. The number of ether oxygens (including phenoxy) is 1. The summed E-state index contributed by atoms with van der Waals surface area (Å²) in [6.45, 7) is 3.03. The highest BCUT2D eigenvalue weighted by Crippen LogP contribution is 2.38. The Morgan fingerprint density at radius 1 is 1.23 bits per heavy atom. The number of aromatic carboxylic acids is 1. The van der Waals surface area contributed by atoms with Crippen LogP contribution in [0.15, 0.2) is 0 Å². The first-order valence-electron chi connectivity index (χ1n) is 7.63. The van der Waals surface area contributed by atoms with Crippen LogP contribution in [0.3, 0.4) is 0 Å². The number of morpholine rings is 1. The molecule has 3 rings (SSSR count). The zero-order chi connectivity index (χ0) is 15.5. The topological polar surface area (TPSA) is 78.9 Å². The maximum Gasteiger partial charge on any atom is 0.339 e. The Bertz CT molecular complexity index is 578. The standard InChI is InChI=1S/C15H20N2O4S/c18-12(9-17-5-7-21-8-6-17)16-14-13(15(19)20)10-3-1-2-4-11(10)22-14/h1-9H2,(H,16,18)(H,19,20). The lowest BCUT2D eigenvalue weighted by atomic mass is 9.95. The van der Waals surface area contributed by atoms with Crippen LogP contribution in [-0.2, 0) is 22.4 Å². The predicted molar refractivity (Wildman–Crippen MR) is 83.8 cm³/mol. The van der Waals surface area contributed by atoms with E-state index < -0.39 is 5.97 Å². The molecule has 2 heterocycles. The highest BCUT2D eigenvalue weighted by atomic mass is 32.1. The van der Waals surface area contributed by atoms with E-state index in [2.05, 4.69) is 5.32 Å². The number of carboxylic acids is 1. The normalized spacial score (nSPS) is 18.7. The van der Waals surface area contributed by atoms with Gasteiger partial charge in [-0.3, -0.25) is 9.69 Å². The first-order chi connectivity index (χ1) is 10.6. The Kier molecular flexibility index (Phi) is 4.75. The van der Waals surface area contributed by atoms with Gasteiger partial charge in [-0.25, -0.2) is 4.79 Å². The second-order valence-electron chi connectivity index (χ2n) is 5.66. The number of nitrogens with zero attached hydrogens (tertiary/aromatic N) is 1. The molecule has 7 heteroatoms. The van der Waals surface area contributed by atoms with Crippen LogP contribution in [0.1, 0.15) is 33.6 Å². The van der Waals surface area contributed by atoms with Gasteiger partial charge in [-0.15, -0.1) is 11.3 Å². The third-order valence-electron chi connectivity index (χ3n) is 4.11. The molecular formula is C15H20N2O4S. The average Bonchev–Trinajstić information content (AvgIpc) is 2.85. The van der Waals surface area contributed by atoms with Crippen LogP contribution in [0.4, 0.5) is 5.00 Å². The summed E-state index contributed by atoms with van der Waals surface area (Å²) in [6.07, 6.45) is 3.82. The molecule has 0 saturated carbocycles. The number of carbonyl (C=O) groups excluding carboxylic acids is 1. The predicted octanol–water partition coefficient (Wildman–Crippen LogP) is 1.60. The fourth-order valence-corrected chi connectivity index (χ4v) is 4.31. The van der Waals surface area contributed by atoms with Crippen molar-refractivity contribution < 1.29 is 19.4 Å². The molecule has 0 bridgehead atoms. The van der Waals surface area contributed by atoms with Gasteiger partial charge in [0, 0.05) is 18.0 Å². The van der Waals surface area contributed by atoms with Crippen LogP contribution in [0.2, 0.25) is 0 Å². The van der Waals surface area contributed by atoms with E-state index in [0.29, 0.717) is 23.8 Å². The minimum absolute atomic E-state index is 0.150. The third-order valence-corrected chi connectivity index (χ3v) is 5.32. The van der Waals surface area contributed by atoms with Gasteiger partial charge in [0.1, 0.15) is 5.00 Å². The van der Waals surface area contributed by atoms with Crippen molar-refractivity contribution in [3.8, 4) is 0 Å². The molecule has 1 aliphatic carbocycles. The lowest BCUT2D eigenvalue weighted by Gasteiger charge is -2.25. The number of rotatable bonds is 4. The van der Waals surface area contributed by atoms with Crippen molar-refractivity contribution in [3.05, 3.63) is 16.0 Å². The van der Waals surface area contributed by atoms with E-state index in [1.807, 2.05) is 4.90 Å². The minimum atomic E-state index is -0.943. The second kappa shape index (κ2) is 6.76. The van der Waals surface area contributed by atoms with Crippen LogP contribution >= 0.6 is 11.3 Å². The van der Waals surface area contributed by atoms with Gasteiger partial charge in [0.05, 0.1) is 25.3 Å². The van der Waals surface area contributed by atoms with Crippen molar-refractivity contribution in [2.24, 2.45) is 0 Å². The summed E-state index contributed by atoms with van der Waals surface area (Å²) in [7, 11) is 0. The summed E-state index contributed by atoms with van der Waals surface area (Å²) in [5.41, 5.74) is 1.22. The van der Waals surface area contributed by atoms with Crippen LogP contribution in [0, 0.1) is 0 Å². The SMILES string of the molecule is O=C(CN1CCOCC1)Nc1sc2c(c1C(=O)O)CCCC2. The molecular weight excluding hydrogens is 304 g/mol. The second-order valence-corrected chi connectivity index (χ2v) is 6.76. The Morgan fingerprint density at radius 2 is 1.95 bits per heavy atom. The molecule has 120 valence electrons. The molecule has 1 saturated heterocycles. The first-order valence-corrected chi connectivity index (χ1v) is 8.44. The van der Waals surface area contributed by atoms with E-state index in [1.54, 1.807) is 0 Å². The molecule has 22 heavy (non-hydrogen) atoms. The van der Waals surface area contributed by atoms with Gasteiger partial charge in [-0.2, -0.15) is 0 Å². The quantitative estimate of drug-likeness (QED) is 0.879. The van der Waals surface area contributed by atoms with Gasteiger partial charge >= 0.3 is 5.97 Å². The highest BCUT2D eigenvalue weighted by Gasteiger charge is 2.26. The van der Waals surface area contributed by atoms with Crippen molar-refractivity contribution in [3.63, 3.8) is 0 Å². The molecule has 1 fully saturated rings. The zero-order valence-electron chi connectivity index (χ0n) is 12.4. The summed E-state index contributed by atoms with van der Waals surface area (Å²) in [5.74, 6) is -1.09. The summed E-state index contributed by atoms with van der Waals surface area (Å²) < 4.78 is 5.26. The summed E-state index contributed by atoms with van der Waals surface area (Å²) >= 11 is 1.42. The molecule has 1 aliphatic heterocycles. The number of hydrogen-bond acceptors (Lipinski definition) is 5. The Labute approximate surface area is 133 Å². The number of aryl methyl sites for hydroxylation is 1. The van der Waals surface area contributed by atoms with Gasteiger partial charge in [0.2, 0.25) is 5.91 Å². The number of carboxylic acid groups (broad SMARTS) is 1. The van der Waals surface area contributed by atoms with E-state index in [0.717, 1.165) is 49.2 Å². The van der Waals surface area contributed by atoms with Crippen molar-refractivity contribution >= 4 is 28.2 Å². The first kappa shape index (κ1) is 15.5. The fourth-order valence-electron chi connectivity index (χ4n) is 3.01. The molecule has 2 aliphatic rings. The lowest BCUT2D eigenvalue weighted by Crippen LogP contribution is -2.41. The smallest absolute Gasteiger partial charge is 0.339 e. The molecule has 1 aromatic heterocycles. The molecule has 0 unspecified atom stereocenters. The number of carbonyl (C=O) groups is 2. The lowest BCUT2D eigenvalue weighted by molar-refractivity contribution is -0.118. The Hall–Kier alpha value is -1.44. The van der Waals surface area contributed by atoms with Crippen LogP contribution in [0.25, 0.3) is 0 Å². The van der Waals surface area contributed by atoms with Crippen molar-refractivity contribution in [2.75, 3.05) is 38.2 Å². The highest BCUT2D eigenvalue weighted by molar-refractivity contribution is 7.17. The molecule has 1 amide bonds. The van der Waals surface area contributed by atoms with Gasteiger partial charge in [-0.05, 0) is 31.2 Å². The molecule has 2 N–H and O–H groups in total. The number of anilines is 1. The Morgan fingerprint density at radius 3 is 2.68 bits per heavy atom. The number of nitrogens with one attached hydrogen (secondary N) is 1. The summed E-state index contributed by atoms with van der Waals surface area (Å²) in [4.78, 5) is 26.9. The van der Waals surface area contributed by atoms with Gasteiger partial charge < -0.3 is 15.2 Å². The molecule has 6 nitrogen and oxygen atoms in total. The van der Waals surface area contributed by atoms with Gasteiger partial charge in [0.25, 0.3) is 0 Å². The number of amides is 1. The van der Waals surface area contributed by atoms with E-state index in [1.165, 1.54) is 11.3 Å². The average molecular weight is 324 g/mol.